The number of ether oxygens (including phenoxy) is 3. The molecule has 0 amide bonds. The lowest BCUT2D eigenvalue weighted by atomic mass is 9.76. The molecule has 2 saturated heterocycles. The summed E-state index contributed by atoms with van der Waals surface area (Å²) in [6.45, 7) is 3.94. The molecule has 3 N–H and O–H groups in total. The lowest BCUT2D eigenvalue weighted by Gasteiger charge is -2.39. The van der Waals surface area contributed by atoms with Crippen LogP contribution in [-0.2, 0) is 9.53 Å². The van der Waals surface area contributed by atoms with Crippen LogP contribution in [0.3, 0.4) is 0 Å². The molecule has 0 bridgehead atoms. The molecular weight excluding hydrogens is 587 g/mol. The summed E-state index contributed by atoms with van der Waals surface area (Å²) in [4.78, 5) is 22.4. The van der Waals surface area contributed by atoms with Crippen molar-refractivity contribution in [3.63, 3.8) is 0 Å². The Morgan fingerprint density at radius 2 is 1.95 bits per heavy atom. The Balaban J connectivity index is 1.38. The Kier molecular flexibility index (Phi) is 8.89. The van der Waals surface area contributed by atoms with Crippen LogP contribution in [0.4, 0.5) is 24.9 Å². The molecule has 2 atom stereocenters. The molecule has 9 nitrogen and oxygen atoms in total. The molecule has 43 heavy (non-hydrogen) atoms. The Hall–Kier alpha value is -3.77. The number of halogens is 4. The number of benzene rings is 2. The van der Waals surface area contributed by atoms with Gasteiger partial charge >= 0.3 is 12.1 Å². The summed E-state index contributed by atoms with van der Waals surface area (Å²) in [6.07, 6.45) is -4.98. The predicted octanol–water partition coefficient (Wildman–Crippen LogP) is 5.58. The molecule has 1 spiro atoms. The first-order valence-corrected chi connectivity index (χ1v) is 14.3. The zero-order valence-corrected chi connectivity index (χ0v) is 24.5. The van der Waals surface area contributed by atoms with Gasteiger partial charge in [-0.25, -0.2) is 0 Å². The number of nitrogens with one attached hydrogen (secondary N) is 1. The summed E-state index contributed by atoms with van der Waals surface area (Å²) < 4.78 is 59.8. The first-order chi connectivity index (χ1) is 20.5. The third-order valence-electron chi connectivity index (χ3n) is 8.00. The van der Waals surface area contributed by atoms with Crippen molar-refractivity contribution in [3.05, 3.63) is 59.1 Å². The number of hydrogen-bond acceptors (Lipinski definition) is 9. The fraction of sp³-hybridized carbons (Fsp3) is 0.433. The number of aromatic nitrogens is 2. The number of anilines is 2. The van der Waals surface area contributed by atoms with E-state index in [1.54, 1.807) is 31.2 Å². The highest BCUT2D eigenvalue weighted by molar-refractivity contribution is 6.30. The number of esters is 1. The van der Waals surface area contributed by atoms with Crippen molar-refractivity contribution >= 4 is 29.3 Å². The van der Waals surface area contributed by atoms with Gasteiger partial charge in [-0.15, -0.1) is 0 Å². The molecule has 2 aliphatic rings. The van der Waals surface area contributed by atoms with Crippen LogP contribution >= 0.6 is 11.6 Å². The molecule has 0 unspecified atom stereocenters. The van der Waals surface area contributed by atoms with E-state index in [9.17, 15) is 18.0 Å². The molecule has 0 saturated carbocycles. The van der Waals surface area contributed by atoms with E-state index in [4.69, 9.17) is 31.5 Å². The fourth-order valence-electron chi connectivity index (χ4n) is 5.80. The minimum absolute atomic E-state index is 0.0711. The highest BCUT2D eigenvalue weighted by Gasteiger charge is 2.46. The number of carbonyl (C=O) groups is 1. The number of carbonyl (C=O) groups excluding carboxylic acids is 1. The van der Waals surface area contributed by atoms with Crippen LogP contribution in [-0.4, -0.2) is 61.5 Å². The van der Waals surface area contributed by atoms with Gasteiger partial charge < -0.3 is 30.2 Å². The van der Waals surface area contributed by atoms with Crippen LogP contribution in [0.15, 0.2) is 48.5 Å². The minimum atomic E-state index is -4.80. The number of hydrogen-bond donors (Lipinski definition) is 2. The number of nitrogens with zero attached hydrogens (tertiary/aromatic N) is 3. The summed E-state index contributed by atoms with van der Waals surface area (Å²) >= 11 is 6.21. The lowest BCUT2D eigenvalue weighted by Crippen LogP contribution is -2.41. The molecule has 3 heterocycles. The van der Waals surface area contributed by atoms with Crippen molar-refractivity contribution in [3.8, 4) is 22.8 Å². The Morgan fingerprint density at radius 3 is 2.65 bits per heavy atom. The van der Waals surface area contributed by atoms with Gasteiger partial charge in [-0.1, -0.05) is 29.8 Å². The van der Waals surface area contributed by atoms with Gasteiger partial charge in [0, 0.05) is 36.3 Å². The standard InChI is InChI=1S/C30H33ClF3N5O4/c1-3-42-27(40)23-16-29(17-36-23)9-11-39(12-10-29)24-15-25(38-28(35)37-24)43-26(30(32,33)34)21-8-7-19(31)14-22(21)18-5-4-6-20(13-18)41-2/h4-8,13-15,23,26,36H,3,9-12,16-17H2,1-2H3,(H2,35,37,38)/t23-,26+/m0/s1. The van der Waals surface area contributed by atoms with E-state index < -0.39 is 12.3 Å². The van der Waals surface area contributed by atoms with Gasteiger partial charge in [0.05, 0.1) is 13.7 Å². The second kappa shape index (κ2) is 12.5. The summed E-state index contributed by atoms with van der Waals surface area (Å²) in [5, 5.41) is 3.54. The predicted molar refractivity (Wildman–Crippen MR) is 156 cm³/mol. The van der Waals surface area contributed by atoms with E-state index in [0.717, 1.165) is 12.8 Å². The maximum Gasteiger partial charge on any atom is 0.429 e. The van der Waals surface area contributed by atoms with Crippen LogP contribution in [0.2, 0.25) is 5.02 Å². The van der Waals surface area contributed by atoms with Gasteiger partial charge in [0.1, 0.15) is 17.6 Å². The van der Waals surface area contributed by atoms with Crippen molar-refractivity contribution in [2.24, 2.45) is 5.41 Å². The average molecular weight is 620 g/mol. The first-order valence-electron chi connectivity index (χ1n) is 14.0. The number of methoxy groups -OCH3 is 1. The zero-order chi connectivity index (χ0) is 30.8. The molecular formula is C30H33ClF3N5O4. The van der Waals surface area contributed by atoms with E-state index in [2.05, 4.69) is 15.3 Å². The topological polar surface area (TPSA) is 112 Å². The second-order valence-electron chi connectivity index (χ2n) is 10.8. The number of nitrogens with two attached hydrogens (primary N) is 1. The molecule has 13 heteroatoms. The molecule has 5 rings (SSSR count). The van der Waals surface area contributed by atoms with Crippen LogP contribution in [0.1, 0.15) is 37.9 Å². The number of rotatable bonds is 8. The zero-order valence-electron chi connectivity index (χ0n) is 23.8. The number of alkyl halides is 3. The molecule has 1 aromatic heterocycles. The minimum Gasteiger partial charge on any atom is -0.497 e. The van der Waals surface area contributed by atoms with Crippen LogP contribution in [0.5, 0.6) is 11.6 Å². The molecule has 0 aliphatic carbocycles. The normalized spacial score (nSPS) is 18.8. The first kappa shape index (κ1) is 30.7. The average Bonchev–Trinajstić information content (AvgIpc) is 3.39. The van der Waals surface area contributed by atoms with E-state index >= 15 is 0 Å². The molecule has 2 aliphatic heterocycles. The van der Waals surface area contributed by atoms with Gasteiger partial charge in [0.2, 0.25) is 17.9 Å². The van der Waals surface area contributed by atoms with E-state index in [1.165, 1.54) is 31.4 Å². The number of piperidine rings is 1. The summed E-state index contributed by atoms with van der Waals surface area (Å²) in [7, 11) is 1.48. The van der Waals surface area contributed by atoms with Gasteiger partial charge in [-0.3, -0.25) is 4.79 Å². The third-order valence-corrected chi connectivity index (χ3v) is 8.24. The Bertz CT molecular complexity index is 1470. The van der Waals surface area contributed by atoms with E-state index in [-0.39, 0.29) is 45.4 Å². The third kappa shape index (κ3) is 6.91. The quantitative estimate of drug-likeness (QED) is 0.312. The van der Waals surface area contributed by atoms with Gasteiger partial charge in [0.15, 0.2) is 0 Å². The molecule has 2 fully saturated rings. The van der Waals surface area contributed by atoms with Crippen LogP contribution in [0, 0.1) is 5.41 Å². The smallest absolute Gasteiger partial charge is 0.429 e. The van der Waals surface area contributed by atoms with Crippen LogP contribution in [0.25, 0.3) is 11.1 Å². The van der Waals surface area contributed by atoms with Crippen molar-refractivity contribution < 1.29 is 32.2 Å². The maximum atomic E-state index is 14.6. The van der Waals surface area contributed by atoms with Gasteiger partial charge in [0.25, 0.3) is 0 Å². The molecule has 230 valence electrons. The molecule has 2 aromatic carbocycles. The highest BCUT2D eigenvalue weighted by atomic mass is 35.5. The van der Waals surface area contributed by atoms with Crippen molar-refractivity contribution in [1.82, 2.24) is 15.3 Å². The summed E-state index contributed by atoms with van der Waals surface area (Å²) in [5.41, 5.74) is 6.46. The number of nitrogen functional groups attached to an aromatic ring is 1. The van der Waals surface area contributed by atoms with Crippen molar-refractivity contribution in [2.45, 2.75) is 44.5 Å². The monoisotopic (exact) mass is 619 g/mol. The second-order valence-corrected chi connectivity index (χ2v) is 11.2. The van der Waals surface area contributed by atoms with E-state index in [0.29, 0.717) is 49.8 Å². The van der Waals surface area contributed by atoms with Gasteiger partial charge in [-0.2, -0.15) is 23.1 Å². The molecule has 3 aromatic rings. The SMILES string of the molecule is CCOC(=O)[C@@H]1CC2(CCN(c3cc(O[C@H](c4ccc(Cl)cc4-c4cccc(OC)c4)C(F)(F)F)nc(N)n3)CC2)CN1. The van der Waals surface area contributed by atoms with Crippen molar-refractivity contribution in [1.29, 1.82) is 0 Å². The van der Waals surface area contributed by atoms with E-state index in [1.807, 2.05) is 4.90 Å². The van der Waals surface area contributed by atoms with Crippen LogP contribution < -0.4 is 25.4 Å². The summed E-state index contributed by atoms with van der Waals surface area (Å²) in [5.74, 6) is 0.0930. The lowest BCUT2D eigenvalue weighted by molar-refractivity contribution is -0.198. The summed E-state index contributed by atoms with van der Waals surface area (Å²) in [6, 6.07) is 11.9. The largest absolute Gasteiger partial charge is 0.497 e. The Labute approximate surface area is 252 Å². The fourth-order valence-corrected chi connectivity index (χ4v) is 5.97. The Morgan fingerprint density at radius 1 is 1.19 bits per heavy atom. The maximum absolute atomic E-state index is 14.6. The van der Waals surface area contributed by atoms with Gasteiger partial charge in [-0.05, 0) is 67.0 Å². The van der Waals surface area contributed by atoms with Crippen molar-refractivity contribution in [2.75, 3.05) is 44.0 Å². The molecule has 0 radical (unpaired) electrons. The highest BCUT2D eigenvalue weighted by Crippen LogP contribution is 2.44.